The summed E-state index contributed by atoms with van der Waals surface area (Å²) in [6.45, 7) is 0.608. The van der Waals surface area contributed by atoms with Crippen molar-refractivity contribution in [2.24, 2.45) is 0 Å². The first-order valence-corrected chi connectivity index (χ1v) is 8.11. The molecule has 0 radical (unpaired) electrons. The molecule has 2 aromatic rings. The number of likely N-dealkylation sites (tertiary alicyclic amines) is 1. The molecule has 1 aliphatic heterocycles. The van der Waals surface area contributed by atoms with Crippen molar-refractivity contribution in [1.82, 2.24) is 4.90 Å². The van der Waals surface area contributed by atoms with Crippen LogP contribution in [0.25, 0.3) is 11.1 Å². The molecule has 1 amide bonds. The van der Waals surface area contributed by atoms with E-state index in [4.69, 9.17) is 4.74 Å². The van der Waals surface area contributed by atoms with Crippen LogP contribution in [0.5, 0.6) is 0 Å². The van der Waals surface area contributed by atoms with Crippen molar-refractivity contribution in [3.05, 3.63) is 46.7 Å². The van der Waals surface area contributed by atoms with E-state index in [0.717, 1.165) is 17.5 Å². The molecule has 3 rings (SSSR count). The normalized spacial score (nSPS) is 17.5. The van der Waals surface area contributed by atoms with Gasteiger partial charge in [-0.1, -0.05) is 30.3 Å². The van der Waals surface area contributed by atoms with Crippen LogP contribution < -0.4 is 0 Å². The molecule has 1 aliphatic rings. The van der Waals surface area contributed by atoms with Gasteiger partial charge in [-0.15, -0.1) is 11.3 Å². The summed E-state index contributed by atoms with van der Waals surface area (Å²) in [6.07, 6.45) is 1.51. The molecule has 1 atom stereocenters. The largest absolute Gasteiger partial charge is 0.467 e. The van der Waals surface area contributed by atoms with Crippen LogP contribution >= 0.6 is 11.3 Å². The summed E-state index contributed by atoms with van der Waals surface area (Å²) in [4.78, 5) is 26.7. The number of hydrogen-bond acceptors (Lipinski definition) is 4. The molecule has 1 aromatic carbocycles. The maximum Gasteiger partial charge on any atom is 0.328 e. The van der Waals surface area contributed by atoms with Crippen molar-refractivity contribution in [1.29, 1.82) is 0 Å². The average molecular weight is 315 g/mol. The van der Waals surface area contributed by atoms with Crippen LogP contribution in [0.2, 0.25) is 0 Å². The Morgan fingerprint density at radius 2 is 2.00 bits per heavy atom. The summed E-state index contributed by atoms with van der Waals surface area (Å²) in [5, 5.41) is 1.98. The fourth-order valence-electron chi connectivity index (χ4n) is 2.76. The highest BCUT2D eigenvalue weighted by atomic mass is 32.1. The van der Waals surface area contributed by atoms with Gasteiger partial charge >= 0.3 is 5.97 Å². The molecule has 2 heterocycles. The molecule has 0 N–H and O–H groups in total. The Balaban J connectivity index is 1.81. The molecule has 1 saturated heterocycles. The van der Waals surface area contributed by atoms with E-state index >= 15 is 0 Å². The highest BCUT2D eigenvalue weighted by Crippen LogP contribution is 2.28. The lowest BCUT2D eigenvalue weighted by atomic mass is 10.1. The van der Waals surface area contributed by atoms with Crippen LogP contribution in [0.3, 0.4) is 0 Å². The van der Waals surface area contributed by atoms with Crippen molar-refractivity contribution in [3.63, 3.8) is 0 Å². The smallest absolute Gasteiger partial charge is 0.328 e. The van der Waals surface area contributed by atoms with E-state index in [1.165, 1.54) is 18.4 Å². The number of carbonyl (C=O) groups is 2. The van der Waals surface area contributed by atoms with Crippen LogP contribution in [-0.4, -0.2) is 36.5 Å². The van der Waals surface area contributed by atoms with Crippen LogP contribution in [-0.2, 0) is 9.53 Å². The molecule has 1 aromatic heterocycles. The van der Waals surface area contributed by atoms with Gasteiger partial charge in [-0.2, -0.15) is 0 Å². The summed E-state index contributed by atoms with van der Waals surface area (Å²) in [7, 11) is 1.36. The molecule has 0 aliphatic carbocycles. The number of esters is 1. The Kier molecular flexibility index (Phi) is 4.24. The predicted octanol–water partition coefficient (Wildman–Crippen LogP) is 3.19. The van der Waals surface area contributed by atoms with Gasteiger partial charge in [0, 0.05) is 6.54 Å². The molecular weight excluding hydrogens is 298 g/mol. The number of methoxy groups -OCH3 is 1. The molecule has 114 valence electrons. The van der Waals surface area contributed by atoms with Crippen LogP contribution in [0.1, 0.15) is 22.5 Å². The van der Waals surface area contributed by atoms with E-state index in [-0.39, 0.29) is 11.9 Å². The zero-order valence-electron chi connectivity index (χ0n) is 12.3. The quantitative estimate of drug-likeness (QED) is 0.817. The maximum absolute atomic E-state index is 12.7. The fraction of sp³-hybridized carbons (Fsp3) is 0.294. The molecule has 0 unspecified atom stereocenters. The highest BCUT2D eigenvalue weighted by Gasteiger charge is 2.35. The van der Waals surface area contributed by atoms with Crippen molar-refractivity contribution in [3.8, 4) is 11.1 Å². The van der Waals surface area contributed by atoms with Crippen LogP contribution in [0.4, 0.5) is 0 Å². The van der Waals surface area contributed by atoms with Gasteiger partial charge in [-0.05, 0) is 35.4 Å². The van der Waals surface area contributed by atoms with Gasteiger partial charge in [0.2, 0.25) is 0 Å². The van der Waals surface area contributed by atoms with Gasteiger partial charge < -0.3 is 9.64 Å². The van der Waals surface area contributed by atoms with Gasteiger partial charge in [0.15, 0.2) is 0 Å². The maximum atomic E-state index is 12.7. The fourth-order valence-corrected chi connectivity index (χ4v) is 3.63. The van der Waals surface area contributed by atoms with E-state index in [9.17, 15) is 9.59 Å². The first-order valence-electron chi connectivity index (χ1n) is 7.23. The van der Waals surface area contributed by atoms with Crippen molar-refractivity contribution < 1.29 is 14.3 Å². The van der Waals surface area contributed by atoms with Gasteiger partial charge in [0.25, 0.3) is 5.91 Å². The number of carbonyl (C=O) groups excluding carboxylic acids is 2. The summed E-state index contributed by atoms with van der Waals surface area (Å²) in [5.41, 5.74) is 2.12. The Morgan fingerprint density at radius 1 is 1.23 bits per heavy atom. The van der Waals surface area contributed by atoms with E-state index in [2.05, 4.69) is 0 Å². The van der Waals surface area contributed by atoms with Crippen molar-refractivity contribution in [2.45, 2.75) is 18.9 Å². The zero-order chi connectivity index (χ0) is 15.5. The van der Waals surface area contributed by atoms with Gasteiger partial charge in [-0.25, -0.2) is 4.79 Å². The Hall–Kier alpha value is -2.14. The second kappa shape index (κ2) is 6.32. The molecule has 0 bridgehead atoms. The number of amides is 1. The van der Waals surface area contributed by atoms with Gasteiger partial charge in [-0.3, -0.25) is 4.79 Å². The third-order valence-corrected chi connectivity index (χ3v) is 4.82. The summed E-state index contributed by atoms with van der Waals surface area (Å²) in [6, 6.07) is 11.4. The highest BCUT2D eigenvalue weighted by molar-refractivity contribution is 7.12. The first kappa shape index (κ1) is 14.8. The van der Waals surface area contributed by atoms with E-state index in [0.29, 0.717) is 17.8 Å². The third-order valence-electron chi connectivity index (χ3n) is 3.90. The molecular formula is C17H17NO3S. The Morgan fingerprint density at radius 3 is 2.73 bits per heavy atom. The average Bonchev–Trinajstić information content (AvgIpc) is 3.23. The molecule has 22 heavy (non-hydrogen) atoms. The first-order chi connectivity index (χ1) is 10.7. The standard InChI is InChI=1S/C17H17NO3S/c1-21-17(20)14-8-5-9-18(14)16(19)15-10-13(11-22-15)12-6-3-2-4-7-12/h2-4,6-7,10-11,14H,5,8-9H2,1H3/t14-/m0/s1. The summed E-state index contributed by atoms with van der Waals surface area (Å²) >= 11 is 1.42. The minimum Gasteiger partial charge on any atom is -0.467 e. The predicted molar refractivity (Wildman–Crippen MR) is 85.8 cm³/mol. The molecule has 0 spiro atoms. The second-order valence-electron chi connectivity index (χ2n) is 5.25. The minimum absolute atomic E-state index is 0.0833. The molecule has 4 nitrogen and oxygen atoms in total. The zero-order valence-corrected chi connectivity index (χ0v) is 13.1. The number of nitrogens with zero attached hydrogens (tertiary/aromatic N) is 1. The molecule has 1 fully saturated rings. The third kappa shape index (κ3) is 2.76. The topological polar surface area (TPSA) is 46.6 Å². The van der Waals surface area contributed by atoms with Gasteiger partial charge in [0.05, 0.1) is 12.0 Å². The van der Waals surface area contributed by atoms with E-state index in [1.807, 2.05) is 41.8 Å². The lowest BCUT2D eigenvalue weighted by Crippen LogP contribution is -2.40. The Labute approximate surface area is 133 Å². The molecule has 5 heteroatoms. The van der Waals surface area contributed by atoms with E-state index in [1.54, 1.807) is 4.90 Å². The van der Waals surface area contributed by atoms with Crippen molar-refractivity contribution in [2.75, 3.05) is 13.7 Å². The van der Waals surface area contributed by atoms with Gasteiger partial charge in [0.1, 0.15) is 6.04 Å². The lowest BCUT2D eigenvalue weighted by Gasteiger charge is -2.21. The second-order valence-corrected chi connectivity index (χ2v) is 6.16. The molecule has 0 saturated carbocycles. The number of ether oxygens (including phenoxy) is 1. The summed E-state index contributed by atoms with van der Waals surface area (Å²) < 4.78 is 4.80. The van der Waals surface area contributed by atoms with E-state index < -0.39 is 6.04 Å². The SMILES string of the molecule is COC(=O)[C@@H]1CCCN1C(=O)c1cc(-c2ccccc2)cs1. The minimum atomic E-state index is -0.445. The summed E-state index contributed by atoms with van der Waals surface area (Å²) in [5.74, 6) is -0.411. The number of thiophene rings is 1. The van der Waals surface area contributed by atoms with Crippen LogP contribution in [0, 0.1) is 0 Å². The lowest BCUT2D eigenvalue weighted by molar-refractivity contribution is -0.145. The number of rotatable bonds is 3. The monoisotopic (exact) mass is 315 g/mol. The Bertz CT molecular complexity index is 680. The number of hydrogen-bond donors (Lipinski definition) is 0. The van der Waals surface area contributed by atoms with Crippen LogP contribution in [0.15, 0.2) is 41.8 Å². The number of benzene rings is 1. The van der Waals surface area contributed by atoms with Crippen molar-refractivity contribution >= 4 is 23.2 Å².